The van der Waals surface area contributed by atoms with E-state index in [0.29, 0.717) is 31.9 Å². The van der Waals surface area contributed by atoms with E-state index in [1.807, 2.05) is 41.5 Å². The van der Waals surface area contributed by atoms with Crippen molar-refractivity contribution in [2.45, 2.75) is 26.5 Å². The molecule has 0 atom stereocenters. The fourth-order valence-corrected chi connectivity index (χ4v) is 3.81. The van der Waals surface area contributed by atoms with Gasteiger partial charge in [-0.05, 0) is 49.2 Å². The van der Waals surface area contributed by atoms with Gasteiger partial charge in [0.05, 0.1) is 19.3 Å². The van der Waals surface area contributed by atoms with Crippen LogP contribution in [-0.2, 0) is 17.9 Å². The van der Waals surface area contributed by atoms with Crippen molar-refractivity contribution in [1.29, 1.82) is 0 Å². The van der Waals surface area contributed by atoms with Crippen molar-refractivity contribution in [1.82, 2.24) is 9.88 Å². The van der Waals surface area contributed by atoms with Crippen LogP contribution in [0, 0.1) is 6.92 Å². The number of amides is 1. The lowest BCUT2D eigenvalue weighted by Gasteiger charge is -2.22. The van der Waals surface area contributed by atoms with Gasteiger partial charge in [0.15, 0.2) is 0 Å². The highest BCUT2D eigenvalue weighted by Gasteiger charge is 2.18. The van der Waals surface area contributed by atoms with Crippen LogP contribution in [0.1, 0.15) is 33.0 Å². The second-order valence-corrected chi connectivity index (χ2v) is 8.03. The summed E-state index contributed by atoms with van der Waals surface area (Å²) in [5, 5.41) is 2.87. The van der Waals surface area contributed by atoms with Crippen LogP contribution in [-0.4, -0.2) is 43.2 Å². The quantitative estimate of drug-likeness (QED) is 0.404. The molecule has 0 aliphatic carbocycles. The fraction of sp³-hybridized carbons (Fsp3) is 0.333. The number of carbonyl (C=O) groups is 1. The Bertz CT molecular complexity index is 972. The highest BCUT2D eigenvalue weighted by molar-refractivity contribution is 7.09. The molecule has 7 heteroatoms. The average Bonchev–Trinajstić information content (AvgIpc) is 3.25. The van der Waals surface area contributed by atoms with Crippen molar-refractivity contribution in [3.05, 3.63) is 75.7 Å². The summed E-state index contributed by atoms with van der Waals surface area (Å²) in [4.78, 5) is 19.6. The van der Waals surface area contributed by atoms with Crippen molar-refractivity contribution in [2.24, 2.45) is 0 Å². The SMILES string of the molecule is COCCCN(Cc1csc(COc2ccccc2C)n1)C(=O)c1ccc(OC)cc1. The largest absolute Gasteiger partial charge is 0.497 e. The van der Waals surface area contributed by atoms with E-state index in [1.54, 1.807) is 49.8 Å². The number of aromatic nitrogens is 1. The van der Waals surface area contributed by atoms with E-state index in [-0.39, 0.29) is 5.91 Å². The second-order valence-electron chi connectivity index (χ2n) is 7.09. The first-order chi connectivity index (χ1) is 15.1. The van der Waals surface area contributed by atoms with Gasteiger partial charge in [0.1, 0.15) is 23.1 Å². The van der Waals surface area contributed by atoms with Gasteiger partial charge in [0, 0.05) is 31.2 Å². The van der Waals surface area contributed by atoms with Crippen molar-refractivity contribution >= 4 is 17.2 Å². The molecule has 0 saturated heterocycles. The molecule has 1 amide bonds. The molecule has 0 N–H and O–H groups in total. The number of carbonyl (C=O) groups excluding carboxylic acids is 1. The Balaban J connectivity index is 1.66. The Morgan fingerprint density at radius 1 is 1.10 bits per heavy atom. The minimum atomic E-state index is -0.0375. The average molecular weight is 441 g/mol. The summed E-state index contributed by atoms with van der Waals surface area (Å²) in [7, 11) is 3.27. The number of ether oxygens (including phenoxy) is 3. The second kappa shape index (κ2) is 11.5. The molecule has 1 heterocycles. The molecule has 0 aliphatic rings. The summed E-state index contributed by atoms with van der Waals surface area (Å²) < 4.78 is 16.2. The number of benzene rings is 2. The zero-order valence-corrected chi connectivity index (χ0v) is 19.0. The summed E-state index contributed by atoms with van der Waals surface area (Å²) in [6.45, 7) is 4.05. The topological polar surface area (TPSA) is 60.9 Å². The fourth-order valence-electron chi connectivity index (χ4n) is 3.11. The molecule has 0 radical (unpaired) electrons. The van der Waals surface area contributed by atoms with Crippen LogP contribution >= 0.6 is 11.3 Å². The van der Waals surface area contributed by atoms with E-state index in [9.17, 15) is 4.79 Å². The van der Waals surface area contributed by atoms with Gasteiger partial charge in [0.2, 0.25) is 0 Å². The predicted molar refractivity (Wildman–Crippen MR) is 122 cm³/mol. The first-order valence-electron chi connectivity index (χ1n) is 10.1. The third-order valence-electron chi connectivity index (χ3n) is 4.80. The lowest BCUT2D eigenvalue weighted by atomic mass is 10.2. The maximum atomic E-state index is 13.1. The van der Waals surface area contributed by atoms with Crippen LogP contribution in [0.15, 0.2) is 53.9 Å². The van der Waals surface area contributed by atoms with Crippen molar-refractivity contribution in [3.8, 4) is 11.5 Å². The minimum Gasteiger partial charge on any atom is -0.497 e. The Labute approximate surface area is 187 Å². The molecular formula is C24H28N2O4S. The van der Waals surface area contributed by atoms with Crippen molar-refractivity contribution < 1.29 is 19.0 Å². The first kappa shape index (κ1) is 22.8. The maximum absolute atomic E-state index is 13.1. The van der Waals surface area contributed by atoms with Gasteiger partial charge >= 0.3 is 0 Å². The number of rotatable bonds is 11. The normalized spacial score (nSPS) is 10.7. The van der Waals surface area contributed by atoms with Gasteiger partial charge < -0.3 is 19.1 Å². The van der Waals surface area contributed by atoms with Crippen molar-refractivity contribution in [2.75, 3.05) is 27.4 Å². The minimum absolute atomic E-state index is 0.0375. The van der Waals surface area contributed by atoms with Gasteiger partial charge in [0.25, 0.3) is 5.91 Å². The van der Waals surface area contributed by atoms with Gasteiger partial charge in [-0.3, -0.25) is 4.79 Å². The zero-order valence-electron chi connectivity index (χ0n) is 18.2. The van der Waals surface area contributed by atoms with E-state index >= 15 is 0 Å². The maximum Gasteiger partial charge on any atom is 0.254 e. The van der Waals surface area contributed by atoms with Crippen LogP contribution < -0.4 is 9.47 Å². The number of aryl methyl sites for hydroxylation is 1. The first-order valence-corrected chi connectivity index (χ1v) is 11.0. The number of nitrogens with zero attached hydrogens (tertiary/aromatic N) is 2. The third-order valence-corrected chi connectivity index (χ3v) is 5.67. The zero-order chi connectivity index (χ0) is 22.1. The Morgan fingerprint density at radius 2 is 1.87 bits per heavy atom. The Kier molecular flexibility index (Phi) is 8.44. The molecule has 0 bridgehead atoms. The molecule has 3 rings (SSSR count). The molecule has 31 heavy (non-hydrogen) atoms. The molecule has 1 aromatic heterocycles. The molecule has 0 spiro atoms. The predicted octanol–water partition coefficient (Wildman–Crippen LogP) is 4.72. The molecule has 2 aromatic carbocycles. The number of thiazole rings is 1. The third kappa shape index (κ3) is 6.54. The van der Waals surface area contributed by atoms with Crippen LogP contribution in [0.3, 0.4) is 0 Å². The Hall–Kier alpha value is -2.90. The summed E-state index contributed by atoms with van der Waals surface area (Å²) in [5.74, 6) is 1.54. The van der Waals surface area contributed by atoms with E-state index in [0.717, 1.165) is 34.2 Å². The van der Waals surface area contributed by atoms with Gasteiger partial charge in [-0.15, -0.1) is 11.3 Å². The lowest BCUT2D eigenvalue weighted by Crippen LogP contribution is -2.32. The van der Waals surface area contributed by atoms with Crippen LogP contribution in [0.4, 0.5) is 0 Å². The monoisotopic (exact) mass is 440 g/mol. The van der Waals surface area contributed by atoms with Crippen LogP contribution in [0.25, 0.3) is 0 Å². The van der Waals surface area contributed by atoms with Crippen LogP contribution in [0.5, 0.6) is 11.5 Å². The smallest absolute Gasteiger partial charge is 0.254 e. The highest BCUT2D eigenvalue weighted by Crippen LogP contribution is 2.20. The van der Waals surface area contributed by atoms with E-state index in [2.05, 4.69) is 4.98 Å². The molecule has 0 fully saturated rings. The summed E-state index contributed by atoms with van der Waals surface area (Å²) >= 11 is 1.54. The van der Waals surface area contributed by atoms with Gasteiger partial charge in [-0.1, -0.05) is 18.2 Å². The van der Waals surface area contributed by atoms with Gasteiger partial charge in [-0.25, -0.2) is 4.98 Å². The molecule has 164 valence electrons. The molecule has 3 aromatic rings. The standard InChI is InChI=1S/C24H28N2O4S/c1-18-7-4-5-8-22(18)30-16-23-25-20(17-31-23)15-26(13-6-14-28-2)24(27)19-9-11-21(29-3)12-10-19/h4-5,7-12,17H,6,13-16H2,1-3H3. The summed E-state index contributed by atoms with van der Waals surface area (Å²) in [6, 6.07) is 15.1. The molecule has 0 unspecified atom stereocenters. The van der Waals surface area contributed by atoms with Gasteiger partial charge in [-0.2, -0.15) is 0 Å². The van der Waals surface area contributed by atoms with Crippen LogP contribution in [0.2, 0.25) is 0 Å². The number of methoxy groups -OCH3 is 2. The van der Waals surface area contributed by atoms with E-state index < -0.39 is 0 Å². The number of hydrogen-bond acceptors (Lipinski definition) is 6. The molecule has 0 aliphatic heterocycles. The van der Waals surface area contributed by atoms with Crippen molar-refractivity contribution in [3.63, 3.8) is 0 Å². The lowest BCUT2D eigenvalue weighted by molar-refractivity contribution is 0.0721. The summed E-state index contributed by atoms with van der Waals surface area (Å²) in [6.07, 6.45) is 0.756. The molecule has 6 nitrogen and oxygen atoms in total. The highest BCUT2D eigenvalue weighted by atomic mass is 32.1. The molecular weight excluding hydrogens is 412 g/mol. The van der Waals surface area contributed by atoms with E-state index in [1.165, 1.54) is 0 Å². The Morgan fingerprint density at radius 3 is 2.58 bits per heavy atom. The number of hydrogen-bond donors (Lipinski definition) is 0. The van der Waals surface area contributed by atoms with E-state index in [4.69, 9.17) is 14.2 Å². The summed E-state index contributed by atoms with van der Waals surface area (Å²) in [5.41, 5.74) is 2.57. The number of para-hydroxylation sites is 1. The molecule has 0 saturated carbocycles.